The van der Waals surface area contributed by atoms with Crippen LogP contribution in [0, 0.1) is 0 Å². The van der Waals surface area contributed by atoms with Crippen molar-refractivity contribution >= 4 is 23.5 Å². The number of benzene rings is 2. The Morgan fingerprint density at radius 3 is 2.52 bits per heavy atom. The summed E-state index contributed by atoms with van der Waals surface area (Å²) in [7, 11) is 0. The van der Waals surface area contributed by atoms with Crippen molar-refractivity contribution in [1.29, 1.82) is 0 Å². The molecule has 8 nitrogen and oxygen atoms in total. The highest BCUT2D eigenvalue weighted by atomic mass is 35.5. The second kappa shape index (κ2) is 9.46. The summed E-state index contributed by atoms with van der Waals surface area (Å²) in [6.45, 7) is 7.13. The molecule has 0 spiro atoms. The van der Waals surface area contributed by atoms with Crippen LogP contribution in [0.5, 0.6) is 5.75 Å². The van der Waals surface area contributed by atoms with Crippen molar-refractivity contribution in [2.45, 2.75) is 39.5 Å². The van der Waals surface area contributed by atoms with Crippen LogP contribution in [0.3, 0.4) is 0 Å². The molecule has 0 aliphatic carbocycles. The number of halogens is 1. The molecular formula is C24H25ClN6O2. The van der Waals surface area contributed by atoms with E-state index in [1.54, 1.807) is 21.6 Å². The van der Waals surface area contributed by atoms with E-state index < -0.39 is 5.91 Å². The summed E-state index contributed by atoms with van der Waals surface area (Å²) in [5.41, 5.74) is 2.47. The van der Waals surface area contributed by atoms with Gasteiger partial charge in [-0.3, -0.25) is 10.1 Å². The largest absolute Gasteiger partial charge is 0.471 e. The predicted molar refractivity (Wildman–Crippen MR) is 127 cm³/mol. The van der Waals surface area contributed by atoms with Crippen LogP contribution >= 0.6 is 11.6 Å². The van der Waals surface area contributed by atoms with Gasteiger partial charge in [0.05, 0.1) is 6.54 Å². The number of hydrogen-bond donors (Lipinski definition) is 1. The Bertz CT molecular complexity index is 1240. The van der Waals surface area contributed by atoms with Gasteiger partial charge in [-0.25, -0.2) is 14.3 Å². The predicted octanol–water partition coefficient (Wildman–Crippen LogP) is 4.76. The molecule has 4 rings (SSSR count). The van der Waals surface area contributed by atoms with Crippen LogP contribution in [0.1, 0.15) is 42.4 Å². The fourth-order valence-corrected chi connectivity index (χ4v) is 3.34. The zero-order chi connectivity index (χ0) is 23.4. The number of hydrogen-bond acceptors (Lipinski definition) is 5. The van der Waals surface area contributed by atoms with Gasteiger partial charge in [0.1, 0.15) is 12.1 Å². The first kappa shape index (κ1) is 22.5. The van der Waals surface area contributed by atoms with E-state index in [1.807, 2.05) is 36.4 Å². The molecule has 2 heterocycles. The van der Waals surface area contributed by atoms with Crippen LogP contribution < -0.4 is 10.1 Å². The summed E-state index contributed by atoms with van der Waals surface area (Å²) < 4.78 is 8.93. The van der Waals surface area contributed by atoms with Crippen LogP contribution in [0.25, 0.3) is 0 Å². The van der Waals surface area contributed by atoms with Gasteiger partial charge < -0.3 is 4.74 Å². The first-order valence-electron chi connectivity index (χ1n) is 10.5. The van der Waals surface area contributed by atoms with E-state index in [4.69, 9.17) is 16.3 Å². The molecule has 0 bridgehead atoms. The minimum atomic E-state index is -0.404. The van der Waals surface area contributed by atoms with Crippen molar-refractivity contribution < 1.29 is 9.53 Å². The second-order valence-corrected chi connectivity index (χ2v) is 9.01. The molecule has 0 aliphatic rings. The van der Waals surface area contributed by atoms with E-state index >= 15 is 0 Å². The van der Waals surface area contributed by atoms with Crippen molar-refractivity contribution in [3.8, 4) is 5.75 Å². The first-order valence-corrected chi connectivity index (χ1v) is 10.9. The molecule has 1 N–H and O–H groups in total. The Balaban J connectivity index is 1.32. The maximum absolute atomic E-state index is 12.5. The van der Waals surface area contributed by atoms with Crippen LogP contribution in [0.4, 0.5) is 5.95 Å². The van der Waals surface area contributed by atoms with Crippen LogP contribution in [0.15, 0.2) is 67.1 Å². The Morgan fingerprint density at radius 2 is 1.79 bits per heavy atom. The lowest BCUT2D eigenvalue weighted by atomic mass is 9.87. The Morgan fingerprint density at radius 1 is 1.03 bits per heavy atom. The molecule has 2 aromatic heterocycles. The molecule has 0 fully saturated rings. The van der Waals surface area contributed by atoms with E-state index in [1.165, 1.54) is 11.9 Å². The summed E-state index contributed by atoms with van der Waals surface area (Å²) in [5, 5.41) is 11.8. The summed E-state index contributed by atoms with van der Waals surface area (Å²) in [4.78, 5) is 16.6. The molecule has 33 heavy (non-hydrogen) atoms. The quantitative estimate of drug-likeness (QED) is 0.426. The van der Waals surface area contributed by atoms with Crippen molar-refractivity contribution in [1.82, 2.24) is 24.5 Å². The molecule has 170 valence electrons. The maximum Gasteiger partial charge on any atom is 0.278 e. The number of ether oxygens (including phenoxy) is 1. The summed E-state index contributed by atoms with van der Waals surface area (Å²) in [5.74, 6) is 0.522. The lowest BCUT2D eigenvalue weighted by molar-refractivity contribution is 0.101. The van der Waals surface area contributed by atoms with Gasteiger partial charge in [0.15, 0.2) is 12.4 Å². The molecule has 0 aliphatic heterocycles. The van der Waals surface area contributed by atoms with Gasteiger partial charge in [-0.1, -0.05) is 62.7 Å². The maximum atomic E-state index is 12.5. The topological polar surface area (TPSA) is 86.9 Å². The van der Waals surface area contributed by atoms with Gasteiger partial charge in [-0.15, -0.1) is 5.10 Å². The molecule has 1 amide bonds. The highest BCUT2D eigenvalue weighted by Gasteiger charge is 2.14. The Hall–Kier alpha value is -3.65. The third kappa shape index (κ3) is 5.78. The van der Waals surface area contributed by atoms with Crippen molar-refractivity contribution in [2.75, 3.05) is 5.32 Å². The van der Waals surface area contributed by atoms with Gasteiger partial charge in [-0.2, -0.15) is 5.10 Å². The molecule has 0 unspecified atom stereocenters. The van der Waals surface area contributed by atoms with Gasteiger partial charge >= 0.3 is 0 Å². The number of amides is 1. The molecule has 0 saturated heterocycles. The number of carbonyl (C=O) groups excluding carboxylic acids is 1. The van der Waals surface area contributed by atoms with E-state index in [9.17, 15) is 4.79 Å². The van der Waals surface area contributed by atoms with Gasteiger partial charge in [-0.05, 0) is 40.8 Å². The normalized spacial score (nSPS) is 11.4. The molecule has 0 saturated carbocycles. The lowest BCUT2D eigenvalue weighted by Gasteiger charge is -2.19. The second-order valence-electron chi connectivity index (χ2n) is 8.60. The van der Waals surface area contributed by atoms with Crippen molar-refractivity contribution in [3.63, 3.8) is 0 Å². The number of nitrogens with zero attached hydrogens (tertiary/aromatic N) is 5. The molecular weight excluding hydrogens is 440 g/mol. The lowest BCUT2D eigenvalue weighted by Crippen LogP contribution is -2.15. The summed E-state index contributed by atoms with van der Waals surface area (Å²) >= 11 is 6.19. The molecule has 4 aromatic rings. The zero-order valence-corrected chi connectivity index (χ0v) is 19.5. The third-order valence-corrected chi connectivity index (χ3v) is 5.38. The van der Waals surface area contributed by atoms with Crippen molar-refractivity contribution in [3.05, 3.63) is 89.0 Å². The summed E-state index contributed by atoms with van der Waals surface area (Å²) in [6, 6.07) is 17.1. The van der Waals surface area contributed by atoms with E-state index in [0.29, 0.717) is 11.6 Å². The highest BCUT2D eigenvalue weighted by molar-refractivity contribution is 6.31. The van der Waals surface area contributed by atoms with Gasteiger partial charge in [0.25, 0.3) is 5.91 Å². The highest BCUT2D eigenvalue weighted by Crippen LogP contribution is 2.24. The van der Waals surface area contributed by atoms with Crippen LogP contribution in [-0.4, -0.2) is 30.5 Å². The Kier molecular flexibility index (Phi) is 6.46. The fraction of sp³-hybridized carbons (Fsp3) is 0.250. The van der Waals surface area contributed by atoms with E-state index in [-0.39, 0.29) is 23.8 Å². The zero-order valence-electron chi connectivity index (χ0n) is 18.7. The molecule has 9 heteroatoms. The summed E-state index contributed by atoms with van der Waals surface area (Å²) in [6.07, 6.45) is 3.22. The van der Waals surface area contributed by atoms with Crippen LogP contribution in [0.2, 0.25) is 5.02 Å². The third-order valence-electron chi connectivity index (χ3n) is 5.01. The fourth-order valence-electron chi connectivity index (χ4n) is 3.14. The standard InChI is InChI=1S/C24H25ClN6O2/c1-24(2,3)18-8-10-19(11-9-18)33-16-30-13-12-21(28-30)22(32)27-23-26-15-31(29-23)14-17-6-4-5-7-20(17)25/h4-13,15H,14,16H2,1-3H3,(H,27,29,32). The van der Waals surface area contributed by atoms with Gasteiger partial charge in [0.2, 0.25) is 5.95 Å². The number of aromatic nitrogens is 5. The first-order chi connectivity index (χ1) is 15.8. The monoisotopic (exact) mass is 464 g/mol. The average Bonchev–Trinajstić information content (AvgIpc) is 3.43. The minimum absolute atomic E-state index is 0.0854. The SMILES string of the molecule is CC(C)(C)c1ccc(OCn2ccc(C(=O)Nc3ncn(Cc4ccccc4Cl)n3)n2)cc1. The number of nitrogens with one attached hydrogen (secondary N) is 1. The van der Waals surface area contributed by atoms with Crippen LogP contribution in [-0.2, 0) is 18.7 Å². The number of carbonyl (C=O) groups is 1. The number of anilines is 1. The smallest absolute Gasteiger partial charge is 0.278 e. The Labute approximate surface area is 197 Å². The molecule has 0 radical (unpaired) electrons. The van der Waals surface area contributed by atoms with E-state index in [0.717, 1.165) is 11.3 Å². The number of rotatable bonds is 7. The average molecular weight is 465 g/mol. The van der Waals surface area contributed by atoms with Gasteiger partial charge in [0, 0.05) is 11.2 Å². The van der Waals surface area contributed by atoms with Crippen molar-refractivity contribution in [2.24, 2.45) is 0 Å². The molecule has 2 aromatic carbocycles. The van der Waals surface area contributed by atoms with E-state index in [2.05, 4.69) is 53.4 Å². The molecule has 0 atom stereocenters. The minimum Gasteiger partial charge on any atom is -0.471 e.